The minimum atomic E-state index is -1.19. The number of aromatic nitrogens is 5. The molecule has 5 aromatic rings. The largest absolute Gasteiger partial charge is 0.481 e. The highest BCUT2D eigenvalue weighted by Crippen LogP contribution is 2.45. The average molecular weight is 538 g/mol. The molecule has 0 fully saturated rings. The third kappa shape index (κ3) is 4.12. The zero-order valence-corrected chi connectivity index (χ0v) is 21.4. The normalized spacial score (nSPS) is 16.2. The van der Waals surface area contributed by atoms with Gasteiger partial charge in [0.1, 0.15) is 28.6 Å². The van der Waals surface area contributed by atoms with E-state index in [0.29, 0.717) is 39.8 Å². The lowest BCUT2D eigenvalue weighted by Crippen LogP contribution is -2.33. The van der Waals surface area contributed by atoms with Gasteiger partial charge in [-0.2, -0.15) is 5.10 Å². The molecule has 6 rings (SSSR count). The van der Waals surface area contributed by atoms with Crippen molar-refractivity contribution in [1.82, 2.24) is 24.7 Å². The Hall–Kier alpha value is -5.19. The summed E-state index contributed by atoms with van der Waals surface area (Å²) in [7, 11) is 0. The number of aryl methyl sites for hydroxylation is 1. The first-order valence-electron chi connectivity index (χ1n) is 12.6. The Morgan fingerprint density at radius 3 is 2.75 bits per heavy atom. The number of nitrogen functional groups attached to an aromatic ring is 1. The minimum absolute atomic E-state index is 0.0239. The maximum atomic E-state index is 14.4. The summed E-state index contributed by atoms with van der Waals surface area (Å²) in [4.78, 5) is 38.1. The van der Waals surface area contributed by atoms with Gasteiger partial charge in [-0.1, -0.05) is 42.5 Å². The number of nitrogens with two attached hydrogens (primary N) is 1. The molecule has 0 aliphatic carbocycles. The van der Waals surface area contributed by atoms with Crippen LogP contribution in [0.4, 0.5) is 16.0 Å². The molecule has 1 amide bonds. The van der Waals surface area contributed by atoms with E-state index in [1.54, 1.807) is 54.2 Å². The van der Waals surface area contributed by atoms with Crippen molar-refractivity contribution in [3.63, 3.8) is 0 Å². The lowest BCUT2D eigenvalue weighted by Gasteiger charge is -2.24. The van der Waals surface area contributed by atoms with Crippen LogP contribution >= 0.6 is 0 Å². The monoisotopic (exact) mass is 537 g/mol. The first-order valence-corrected chi connectivity index (χ1v) is 12.6. The molecule has 0 unspecified atom stereocenters. The maximum absolute atomic E-state index is 14.4. The van der Waals surface area contributed by atoms with Gasteiger partial charge < -0.3 is 16.2 Å². The van der Waals surface area contributed by atoms with Crippen molar-refractivity contribution in [3.8, 4) is 11.5 Å². The Kier molecular flexibility index (Phi) is 5.98. The van der Waals surface area contributed by atoms with Gasteiger partial charge in [0.25, 0.3) is 0 Å². The molecule has 40 heavy (non-hydrogen) atoms. The molecule has 11 heteroatoms. The molecule has 1 aliphatic heterocycles. The van der Waals surface area contributed by atoms with Crippen LogP contribution in [0.25, 0.3) is 22.6 Å². The molecular weight excluding hydrogens is 513 g/mol. The van der Waals surface area contributed by atoms with Crippen molar-refractivity contribution in [2.24, 2.45) is 0 Å². The Morgan fingerprint density at radius 1 is 1.12 bits per heavy atom. The van der Waals surface area contributed by atoms with E-state index in [0.717, 1.165) is 5.56 Å². The number of hydrogen-bond donors (Lipinski definition) is 3. The summed E-state index contributed by atoms with van der Waals surface area (Å²) >= 11 is 0. The number of carbonyl (C=O) groups is 2. The van der Waals surface area contributed by atoms with Crippen LogP contribution in [0.5, 0.6) is 0 Å². The number of carbonyl (C=O) groups excluding carboxylic acids is 1. The van der Waals surface area contributed by atoms with Gasteiger partial charge in [0.2, 0.25) is 5.91 Å². The molecule has 10 nitrogen and oxygen atoms in total. The highest BCUT2D eigenvalue weighted by molar-refractivity contribution is 6.09. The zero-order valence-electron chi connectivity index (χ0n) is 21.4. The first kappa shape index (κ1) is 25.1. The van der Waals surface area contributed by atoms with Crippen LogP contribution in [0, 0.1) is 5.82 Å². The number of aliphatic carboxylic acids is 1. The third-order valence-corrected chi connectivity index (χ3v) is 7.25. The van der Waals surface area contributed by atoms with Crippen molar-refractivity contribution in [2.45, 2.75) is 31.7 Å². The quantitative estimate of drug-likeness (QED) is 0.283. The summed E-state index contributed by atoms with van der Waals surface area (Å²) in [5, 5.41) is 17.2. The van der Waals surface area contributed by atoms with Crippen molar-refractivity contribution in [2.75, 3.05) is 11.1 Å². The summed E-state index contributed by atoms with van der Waals surface area (Å²) in [6.07, 6.45) is 1.93. The smallest absolute Gasteiger partial charge is 0.303 e. The van der Waals surface area contributed by atoms with Crippen LogP contribution in [-0.2, 0) is 28.0 Å². The molecule has 1 aliphatic rings. The Labute approximate surface area is 227 Å². The summed E-state index contributed by atoms with van der Waals surface area (Å²) in [6, 6.07) is 17.3. The lowest BCUT2D eigenvalue weighted by atomic mass is 9.77. The Balaban J connectivity index is 1.43. The molecule has 3 aromatic heterocycles. The fourth-order valence-corrected chi connectivity index (χ4v) is 5.15. The van der Waals surface area contributed by atoms with Crippen LogP contribution in [0.1, 0.15) is 35.6 Å². The molecule has 0 saturated carbocycles. The number of pyridine rings is 1. The maximum Gasteiger partial charge on any atom is 0.303 e. The summed E-state index contributed by atoms with van der Waals surface area (Å²) in [6.45, 7) is 1.89. The van der Waals surface area contributed by atoms with Gasteiger partial charge in [-0.05, 0) is 42.7 Å². The Morgan fingerprint density at radius 2 is 1.95 bits per heavy atom. The number of nitrogens with zero attached hydrogens (tertiary/aromatic N) is 5. The number of amides is 1. The number of nitrogens with one attached hydrogen (secondary N) is 1. The summed E-state index contributed by atoms with van der Waals surface area (Å²) in [5.41, 5.74) is 8.55. The van der Waals surface area contributed by atoms with Crippen LogP contribution in [-0.4, -0.2) is 41.7 Å². The molecule has 1 atom stereocenters. The molecule has 2 aromatic carbocycles. The van der Waals surface area contributed by atoms with E-state index in [1.165, 1.54) is 6.07 Å². The van der Waals surface area contributed by atoms with Crippen molar-refractivity contribution < 1.29 is 19.1 Å². The summed E-state index contributed by atoms with van der Waals surface area (Å²) < 4.78 is 16.0. The van der Waals surface area contributed by atoms with E-state index in [2.05, 4.69) is 25.4 Å². The topological polar surface area (TPSA) is 149 Å². The average Bonchev–Trinajstić information content (AvgIpc) is 3.44. The predicted molar refractivity (Wildman–Crippen MR) is 146 cm³/mol. The second-order valence-electron chi connectivity index (χ2n) is 9.80. The highest BCUT2D eigenvalue weighted by Gasteiger charge is 2.47. The number of hydrogen-bond acceptors (Lipinski definition) is 7. The molecule has 0 saturated heterocycles. The number of halogens is 1. The van der Waals surface area contributed by atoms with Crippen LogP contribution in [0.15, 0.2) is 66.9 Å². The van der Waals surface area contributed by atoms with Crippen LogP contribution < -0.4 is 11.1 Å². The second kappa shape index (κ2) is 9.53. The van der Waals surface area contributed by atoms with E-state index < -0.39 is 11.4 Å². The second-order valence-corrected chi connectivity index (χ2v) is 9.80. The number of anilines is 2. The van der Waals surface area contributed by atoms with Gasteiger partial charge in [-0.25, -0.2) is 24.0 Å². The number of benzene rings is 2. The van der Waals surface area contributed by atoms with Gasteiger partial charge in [0, 0.05) is 18.2 Å². The van der Waals surface area contributed by atoms with Gasteiger partial charge in [0.15, 0.2) is 11.5 Å². The van der Waals surface area contributed by atoms with E-state index in [4.69, 9.17) is 10.8 Å². The molecule has 4 N–H and O–H groups in total. The molecule has 0 spiro atoms. The minimum Gasteiger partial charge on any atom is -0.481 e. The number of rotatable bonds is 7. The van der Waals surface area contributed by atoms with Gasteiger partial charge in [-0.3, -0.25) is 9.59 Å². The predicted octanol–water partition coefficient (Wildman–Crippen LogP) is 3.93. The van der Waals surface area contributed by atoms with Crippen LogP contribution in [0.2, 0.25) is 0 Å². The molecule has 0 bridgehead atoms. The van der Waals surface area contributed by atoms with Crippen LogP contribution in [0.3, 0.4) is 0 Å². The number of fused-ring (bicyclic) bond motifs is 2. The van der Waals surface area contributed by atoms with Gasteiger partial charge in [0.05, 0.1) is 17.5 Å². The molecule has 200 valence electrons. The lowest BCUT2D eigenvalue weighted by molar-refractivity contribution is -0.137. The van der Waals surface area contributed by atoms with Crippen molar-refractivity contribution >= 4 is 34.5 Å². The molecule has 0 radical (unpaired) electrons. The third-order valence-electron chi connectivity index (χ3n) is 7.25. The van der Waals surface area contributed by atoms with E-state index >= 15 is 0 Å². The fourth-order valence-electron chi connectivity index (χ4n) is 5.15. The van der Waals surface area contributed by atoms with E-state index in [9.17, 15) is 14.0 Å². The first-order chi connectivity index (χ1) is 19.3. The highest BCUT2D eigenvalue weighted by atomic mass is 19.1. The molecule has 4 heterocycles. The van der Waals surface area contributed by atoms with E-state index in [1.807, 2.05) is 18.2 Å². The standard InChI is InChI=1S/C29H24FN7O3/c1-29(18-8-4-6-16(14-18)11-12-21(38)39)22-24(31)33-26(34-25(22)35-28(29)40)23-19-9-5-13-32-27(19)37(36-23)15-17-7-2-3-10-20(17)30/h2-10,13-14H,11-12,15H2,1H3,(H,38,39)(H3,31,33,34,35,40)/t29-/m1/s1. The number of carboxylic acid groups (broad SMARTS) is 1. The SMILES string of the molecule is C[C@]1(c2cccc(CCC(=O)O)c2)C(=O)Nc2nc(-c3nn(Cc4ccccc4F)c4ncccc34)nc(N)c21. The van der Waals surface area contributed by atoms with E-state index in [-0.39, 0.29) is 42.2 Å². The van der Waals surface area contributed by atoms with Gasteiger partial charge in [-0.15, -0.1) is 0 Å². The fraction of sp³-hybridized carbons (Fsp3) is 0.172. The summed E-state index contributed by atoms with van der Waals surface area (Å²) in [5.74, 6) is -1.00. The zero-order chi connectivity index (χ0) is 28.0. The van der Waals surface area contributed by atoms with Crippen molar-refractivity contribution in [1.29, 1.82) is 0 Å². The van der Waals surface area contributed by atoms with Crippen molar-refractivity contribution in [3.05, 3.63) is 94.9 Å². The Bertz CT molecular complexity index is 1820. The number of carboxylic acids is 1. The molecular formula is C29H24FN7O3. The van der Waals surface area contributed by atoms with Gasteiger partial charge >= 0.3 is 5.97 Å².